The Morgan fingerprint density at radius 3 is 2.37 bits per heavy atom. The molecule has 1 fully saturated rings. The van der Waals surface area contributed by atoms with Crippen molar-refractivity contribution in [3.8, 4) is 0 Å². The monoisotopic (exact) mass is 448 g/mol. The molecule has 0 atom stereocenters. The molecule has 1 aliphatic heterocycles. The van der Waals surface area contributed by atoms with Crippen LogP contribution >= 0.6 is 23.2 Å². The van der Waals surface area contributed by atoms with Crippen LogP contribution in [0.15, 0.2) is 36.7 Å². The molecule has 30 heavy (non-hydrogen) atoms. The van der Waals surface area contributed by atoms with E-state index in [-0.39, 0.29) is 17.5 Å². The van der Waals surface area contributed by atoms with Gasteiger partial charge in [0.1, 0.15) is 17.6 Å². The third kappa shape index (κ3) is 5.36. The van der Waals surface area contributed by atoms with Crippen molar-refractivity contribution in [3.05, 3.63) is 63.7 Å². The van der Waals surface area contributed by atoms with Gasteiger partial charge in [-0.15, -0.1) is 0 Å². The highest BCUT2D eigenvalue weighted by Crippen LogP contribution is 2.22. The highest BCUT2D eigenvalue weighted by Gasteiger charge is 2.26. The van der Waals surface area contributed by atoms with E-state index in [1.54, 1.807) is 47.9 Å². The van der Waals surface area contributed by atoms with Crippen molar-refractivity contribution in [1.29, 1.82) is 0 Å². The zero-order valence-electron chi connectivity index (χ0n) is 16.7. The molecule has 3 rings (SSSR count). The molecule has 158 valence electrons. The van der Waals surface area contributed by atoms with Crippen LogP contribution in [0.4, 0.5) is 0 Å². The van der Waals surface area contributed by atoms with Crippen LogP contribution in [-0.2, 0) is 10.4 Å². The number of amides is 2. The van der Waals surface area contributed by atoms with Gasteiger partial charge in [-0.1, -0.05) is 29.3 Å². The van der Waals surface area contributed by atoms with Gasteiger partial charge >= 0.3 is 0 Å². The number of carbonyl (C=O) groups excluding carboxylic acids is 2. The quantitative estimate of drug-likeness (QED) is 0.726. The van der Waals surface area contributed by atoms with Gasteiger partial charge in [-0.25, -0.2) is 9.97 Å². The molecule has 1 aromatic carbocycles. The molecule has 0 radical (unpaired) electrons. The van der Waals surface area contributed by atoms with E-state index in [1.165, 1.54) is 18.5 Å². The van der Waals surface area contributed by atoms with Crippen LogP contribution in [0.2, 0.25) is 10.0 Å². The zero-order valence-corrected chi connectivity index (χ0v) is 18.2. The molecule has 0 unspecified atom stereocenters. The van der Waals surface area contributed by atoms with Gasteiger partial charge in [0.05, 0.1) is 5.69 Å². The molecule has 9 heteroatoms. The Morgan fingerprint density at radius 2 is 1.73 bits per heavy atom. The molecule has 0 aliphatic carbocycles. The summed E-state index contributed by atoms with van der Waals surface area (Å²) in [5, 5.41) is 11.1. The number of hydrogen-bond donors (Lipinski definition) is 1. The number of piperazine rings is 1. The maximum atomic E-state index is 12.7. The predicted molar refractivity (Wildman–Crippen MR) is 115 cm³/mol. The number of aromatic nitrogens is 2. The van der Waals surface area contributed by atoms with Crippen LogP contribution < -0.4 is 0 Å². The molecular formula is C21H22Cl2N4O3. The number of hydrogen-bond acceptors (Lipinski definition) is 5. The van der Waals surface area contributed by atoms with E-state index < -0.39 is 5.60 Å². The Bertz CT molecular complexity index is 980. The number of nitrogens with zero attached hydrogens (tertiary/aromatic N) is 4. The van der Waals surface area contributed by atoms with Gasteiger partial charge in [-0.05, 0) is 43.7 Å². The fourth-order valence-electron chi connectivity index (χ4n) is 3.00. The van der Waals surface area contributed by atoms with Crippen molar-refractivity contribution in [2.45, 2.75) is 19.4 Å². The molecule has 0 spiro atoms. The maximum Gasteiger partial charge on any atom is 0.272 e. The lowest BCUT2D eigenvalue weighted by molar-refractivity contribution is -0.127. The van der Waals surface area contributed by atoms with E-state index in [1.807, 2.05) is 0 Å². The first kappa shape index (κ1) is 22.2. The summed E-state index contributed by atoms with van der Waals surface area (Å²) in [6.07, 6.45) is 4.39. The summed E-state index contributed by atoms with van der Waals surface area (Å²) in [6.45, 7) is 4.79. The number of rotatable bonds is 4. The van der Waals surface area contributed by atoms with E-state index in [0.29, 0.717) is 47.5 Å². The largest absolute Gasteiger partial charge is 0.384 e. The third-order valence-corrected chi connectivity index (χ3v) is 5.32. The lowest BCUT2D eigenvalue weighted by Gasteiger charge is -2.34. The van der Waals surface area contributed by atoms with Crippen molar-refractivity contribution in [1.82, 2.24) is 19.8 Å². The fraction of sp³-hybridized carbons (Fsp3) is 0.333. The fourth-order valence-corrected chi connectivity index (χ4v) is 3.48. The molecule has 2 amide bonds. The normalized spacial score (nSPS) is 15.0. The summed E-state index contributed by atoms with van der Waals surface area (Å²) < 4.78 is 0. The minimum Gasteiger partial charge on any atom is -0.384 e. The summed E-state index contributed by atoms with van der Waals surface area (Å²) in [4.78, 5) is 36.6. The van der Waals surface area contributed by atoms with Crippen LogP contribution in [0, 0.1) is 0 Å². The molecule has 0 bridgehead atoms. The second kappa shape index (κ2) is 9.12. The van der Waals surface area contributed by atoms with E-state index >= 15 is 0 Å². The summed E-state index contributed by atoms with van der Waals surface area (Å²) in [5.74, 6) is -0.405. The maximum absolute atomic E-state index is 12.7. The summed E-state index contributed by atoms with van der Waals surface area (Å²) >= 11 is 12.0. The SMILES string of the molecule is CC(C)(O)c1cc(C(=O)N2CCN(C(=O)/C=C/c3ccc(Cl)cc3Cl)CC2)ncn1. The highest BCUT2D eigenvalue weighted by atomic mass is 35.5. The summed E-state index contributed by atoms with van der Waals surface area (Å²) in [5.41, 5.74) is 0.136. The molecule has 2 heterocycles. The second-order valence-corrected chi connectivity index (χ2v) is 8.31. The van der Waals surface area contributed by atoms with Gasteiger partial charge in [-0.3, -0.25) is 9.59 Å². The highest BCUT2D eigenvalue weighted by molar-refractivity contribution is 6.35. The van der Waals surface area contributed by atoms with Gasteiger partial charge in [-0.2, -0.15) is 0 Å². The number of aliphatic hydroxyl groups is 1. The van der Waals surface area contributed by atoms with Crippen LogP contribution in [0.5, 0.6) is 0 Å². The topological polar surface area (TPSA) is 86.6 Å². The standard InChI is InChI=1S/C21H22Cl2N4O3/c1-21(2,30)18-12-17(24-13-25-18)20(29)27-9-7-26(8-10-27)19(28)6-4-14-3-5-15(22)11-16(14)23/h3-6,11-13,30H,7-10H2,1-2H3/b6-4+. The lowest BCUT2D eigenvalue weighted by Crippen LogP contribution is -2.50. The molecule has 2 aromatic rings. The Balaban J connectivity index is 1.59. The van der Waals surface area contributed by atoms with E-state index in [2.05, 4.69) is 9.97 Å². The van der Waals surface area contributed by atoms with Gasteiger partial charge in [0, 0.05) is 42.3 Å². The molecule has 1 saturated heterocycles. The molecule has 1 N–H and O–H groups in total. The second-order valence-electron chi connectivity index (χ2n) is 7.46. The Labute approximate surface area is 184 Å². The van der Waals surface area contributed by atoms with Crippen molar-refractivity contribution < 1.29 is 14.7 Å². The first-order valence-electron chi connectivity index (χ1n) is 9.41. The van der Waals surface area contributed by atoms with Gasteiger partial charge in [0.2, 0.25) is 5.91 Å². The minimum absolute atomic E-state index is 0.153. The van der Waals surface area contributed by atoms with Gasteiger partial charge in [0.15, 0.2) is 0 Å². The molecular weight excluding hydrogens is 427 g/mol. The van der Waals surface area contributed by atoms with E-state index in [4.69, 9.17) is 23.2 Å². The minimum atomic E-state index is -1.16. The van der Waals surface area contributed by atoms with Crippen molar-refractivity contribution in [3.63, 3.8) is 0 Å². The van der Waals surface area contributed by atoms with Crippen LogP contribution in [-0.4, -0.2) is 62.9 Å². The molecule has 1 aliphatic rings. The number of carbonyl (C=O) groups is 2. The van der Waals surface area contributed by atoms with Crippen LogP contribution in [0.3, 0.4) is 0 Å². The predicted octanol–water partition coefficient (Wildman–Crippen LogP) is 3.01. The Hall–Kier alpha value is -2.48. The van der Waals surface area contributed by atoms with Crippen molar-refractivity contribution >= 4 is 41.1 Å². The first-order valence-corrected chi connectivity index (χ1v) is 10.2. The Morgan fingerprint density at radius 1 is 1.07 bits per heavy atom. The van der Waals surface area contributed by atoms with Crippen molar-refractivity contribution in [2.75, 3.05) is 26.2 Å². The van der Waals surface area contributed by atoms with E-state index in [0.717, 1.165) is 0 Å². The third-order valence-electron chi connectivity index (χ3n) is 4.76. The molecule has 1 aromatic heterocycles. The zero-order chi connectivity index (χ0) is 21.9. The van der Waals surface area contributed by atoms with Crippen molar-refractivity contribution in [2.24, 2.45) is 0 Å². The average molecular weight is 449 g/mol. The van der Waals surface area contributed by atoms with Crippen LogP contribution in [0.25, 0.3) is 6.08 Å². The van der Waals surface area contributed by atoms with Crippen LogP contribution in [0.1, 0.15) is 35.6 Å². The first-order chi connectivity index (χ1) is 14.1. The molecule has 7 nitrogen and oxygen atoms in total. The van der Waals surface area contributed by atoms with Gasteiger partial charge < -0.3 is 14.9 Å². The molecule has 0 saturated carbocycles. The smallest absolute Gasteiger partial charge is 0.272 e. The summed E-state index contributed by atoms with van der Waals surface area (Å²) in [6, 6.07) is 6.57. The Kier molecular flexibility index (Phi) is 6.75. The lowest BCUT2D eigenvalue weighted by atomic mass is 10.0. The van der Waals surface area contributed by atoms with E-state index in [9.17, 15) is 14.7 Å². The number of halogens is 2. The average Bonchev–Trinajstić information content (AvgIpc) is 2.72. The van der Waals surface area contributed by atoms with Gasteiger partial charge in [0.25, 0.3) is 5.91 Å². The number of benzene rings is 1. The summed E-state index contributed by atoms with van der Waals surface area (Å²) in [7, 11) is 0.